The molecule has 0 bridgehead atoms. The van der Waals surface area contributed by atoms with Crippen molar-refractivity contribution in [2.45, 2.75) is 30.8 Å². The van der Waals surface area contributed by atoms with Gasteiger partial charge in [0.25, 0.3) is 5.56 Å². The number of nitrogens with zero attached hydrogens (tertiary/aromatic N) is 3. The number of aromatic nitrogens is 3. The molecule has 5 nitrogen and oxygen atoms in total. The molecule has 1 heterocycles. The van der Waals surface area contributed by atoms with Crippen molar-refractivity contribution in [2.75, 3.05) is 12.1 Å². The van der Waals surface area contributed by atoms with Gasteiger partial charge in [-0.3, -0.25) is 4.79 Å². The first-order valence-electron chi connectivity index (χ1n) is 6.29. The van der Waals surface area contributed by atoms with Crippen molar-refractivity contribution in [1.29, 1.82) is 0 Å². The number of rotatable bonds is 4. The maximum atomic E-state index is 12.3. The minimum Gasteiger partial charge on any atom is -0.334 e. The lowest BCUT2D eigenvalue weighted by molar-refractivity contribution is 0.473. The lowest BCUT2D eigenvalue weighted by atomic mass is 9.83. The van der Waals surface area contributed by atoms with Crippen molar-refractivity contribution in [3.05, 3.63) is 51.9 Å². The highest BCUT2D eigenvalue weighted by Crippen LogP contribution is 2.23. The molecule has 0 aliphatic heterocycles. The topological polar surface area (TPSA) is 73.8 Å². The Labute approximate surface area is 122 Å². The molecule has 0 atom stereocenters. The van der Waals surface area contributed by atoms with Crippen LogP contribution in [0.15, 0.2) is 40.3 Å². The minimum absolute atomic E-state index is 0.287. The Morgan fingerprint density at radius 1 is 1.25 bits per heavy atom. The van der Waals surface area contributed by atoms with Crippen molar-refractivity contribution < 1.29 is 0 Å². The van der Waals surface area contributed by atoms with Gasteiger partial charge in [0, 0.05) is 5.41 Å². The third-order valence-corrected chi connectivity index (χ3v) is 3.82. The summed E-state index contributed by atoms with van der Waals surface area (Å²) in [6.45, 7) is 3.95. The fourth-order valence-electron chi connectivity index (χ4n) is 2.14. The van der Waals surface area contributed by atoms with Crippen molar-refractivity contribution >= 4 is 11.8 Å². The Hall–Kier alpha value is -1.82. The molecule has 2 N–H and O–H groups in total. The van der Waals surface area contributed by atoms with E-state index in [1.54, 1.807) is 0 Å². The van der Waals surface area contributed by atoms with E-state index < -0.39 is 5.41 Å². The Morgan fingerprint density at radius 2 is 1.90 bits per heavy atom. The van der Waals surface area contributed by atoms with E-state index in [1.165, 1.54) is 11.8 Å². The van der Waals surface area contributed by atoms with Crippen LogP contribution < -0.4 is 11.4 Å². The second kappa shape index (κ2) is 5.66. The summed E-state index contributed by atoms with van der Waals surface area (Å²) in [4.78, 5) is 12.3. The summed E-state index contributed by atoms with van der Waals surface area (Å²) in [5.41, 5.74) is 0.826. The van der Waals surface area contributed by atoms with Gasteiger partial charge < -0.3 is 5.84 Å². The van der Waals surface area contributed by atoms with E-state index in [9.17, 15) is 4.79 Å². The van der Waals surface area contributed by atoms with Crippen LogP contribution >= 0.6 is 11.8 Å². The largest absolute Gasteiger partial charge is 0.334 e. The zero-order chi connectivity index (χ0) is 14.8. The smallest absolute Gasteiger partial charge is 0.295 e. The summed E-state index contributed by atoms with van der Waals surface area (Å²) in [6, 6.07) is 10.00. The maximum Gasteiger partial charge on any atom is 0.295 e. The number of nitrogens with two attached hydrogens (primary N) is 1. The van der Waals surface area contributed by atoms with Crippen LogP contribution in [0.25, 0.3) is 0 Å². The fraction of sp³-hybridized carbons (Fsp3) is 0.357. The minimum atomic E-state index is -0.427. The van der Waals surface area contributed by atoms with Gasteiger partial charge in [0.1, 0.15) is 5.69 Å². The lowest BCUT2D eigenvalue weighted by Gasteiger charge is -2.23. The van der Waals surface area contributed by atoms with Gasteiger partial charge in [0.2, 0.25) is 5.16 Å². The first-order chi connectivity index (χ1) is 9.45. The van der Waals surface area contributed by atoms with Gasteiger partial charge in [-0.05, 0) is 18.2 Å². The molecule has 0 spiro atoms. The van der Waals surface area contributed by atoms with Crippen LogP contribution in [0.1, 0.15) is 25.1 Å². The summed E-state index contributed by atoms with van der Waals surface area (Å²) < 4.78 is 1.07. The van der Waals surface area contributed by atoms with Gasteiger partial charge in [-0.25, -0.2) is 0 Å². The highest BCUT2D eigenvalue weighted by Gasteiger charge is 2.28. The second-order valence-corrected chi connectivity index (χ2v) is 6.03. The Balaban J connectivity index is 2.40. The summed E-state index contributed by atoms with van der Waals surface area (Å²) in [7, 11) is 0. The standard InChI is InChI=1S/C14H18N4OS/c1-14(2,9-10-7-5-4-6-8-10)11-12(19)18(15)13(20-3)17-16-11/h4-8H,9,15H2,1-3H3. The third-order valence-electron chi connectivity index (χ3n) is 3.18. The zero-order valence-electron chi connectivity index (χ0n) is 11.8. The molecule has 1 aromatic carbocycles. The van der Waals surface area contributed by atoms with E-state index >= 15 is 0 Å². The number of thioether (sulfide) groups is 1. The predicted molar refractivity (Wildman–Crippen MR) is 81.4 cm³/mol. The molecule has 1 aromatic heterocycles. The molecular weight excluding hydrogens is 272 g/mol. The third kappa shape index (κ3) is 2.85. The normalized spacial score (nSPS) is 11.6. The van der Waals surface area contributed by atoms with Crippen LogP contribution in [0.4, 0.5) is 0 Å². The van der Waals surface area contributed by atoms with Gasteiger partial charge >= 0.3 is 0 Å². The van der Waals surface area contributed by atoms with E-state index in [1.807, 2.05) is 50.4 Å². The molecule has 0 radical (unpaired) electrons. The Bertz CT molecular complexity index is 652. The molecule has 0 unspecified atom stereocenters. The quantitative estimate of drug-likeness (QED) is 0.684. The van der Waals surface area contributed by atoms with Crippen LogP contribution in [0.5, 0.6) is 0 Å². The summed E-state index contributed by atoms with van der Waals surface area (Å²) >= 11 is 1.30. The molecule has 2 aromatic rings. The first-order valence-corrected chi connectivity index (χ1v) is 7.51. The number of hydrogen-bond donors (Lipinski definition) is 1. The van der Waals surface area contributed by atoms with Crippen LogP contribution in [0.2, 0.25) is 0 Å². The molecule has 0 amide bonds. The molecule has 2 rings (SSSR count). The van der Waals surface area contributed by atoms with Crippen LogP contribution in [-0.2, 0) is 11.8 Å². The maximum absolute atomic E-state index is 12.3. The molecule has 106 valence electrons. The van der Waals surface area contributed by atoms with Crippen LogP contribution in [-0.4, -0.2) is 21.1 Å². The molecule has 6 heteroatoms. The monoisotopic (exact) mass is 290 g/mol. The average Bonchev–Trinajstić information content (AvgIpc) is 2.42. The van der Waals surface area contributed by atoms with Crippen molar-refractivity contribution in [3.8, 4) is 0 Å². The fourth-order valence-corrected chi connectivity index (χ4v) is 2.54. The zero-order valence-corrected chi connectivity index (χ0v) is 12.6. The van der Waals surface area contributed by atoms with E-state index in [-0.39, 0.29) is 5.56 Å². The second-order valence-electron chi connectivity index (χ2n) is 5.26. The van der Waals surface area contributed by atoms with Gasteiger partial charge in [-0.1, -0.05) is 55.9 Å². The SMILES string of the molecule is CSc1nnc(C(C)(C)Cc2ccccc2)c(=O)n1N. The molecule has 0 saturated heterocycles. The Kier molecular flexibility index (Phi) is 4.13. The molecule has 0 aliphatic rings. The summed E-state index contributed by atoms with van der Waals surface area (Å²) in [6.07, 6.45) is 2.51. The van der Waals surface area contributed by atoms with Crippen molar-refractivity contribution in [1.82, 2.24) is 14.9 Å². The first kappa shape index (κ1) is 14.6. The van der Waals surface area contributed by atoms with Crippen molar-refractivity contribution in [3.63, 3.8) is 0 Å². The highest BCUT2D eigenvalue weighted by atomic mass is 32.2. The van der Waals surface area contributed by atoms with Crippen LogP contribution in [0, 0.1) is 0 Å². The van der Waals surface area contributed by atoms with Gasteiger partial charge in [0.15, 0.2) is 0 Å². The predicted octanol–water partition coefficient (Wildman–Crippen LogP) is 1.59. The molecule has 20 heavy (non-hydrogen) atoms. The lowest BCUT2D eigenvalue weighted by Crippen LogP contribution is -2.39. The number of benzene rings is 1. The highest BCUT2D eigenvalue weighted by molar-refractivity contribution is 7.98. The van der Waals surface area contributed by atoms with E-state index in [0.717, 1.165) is 10.2 Å². The molecule has 0 aliphatic carbocycles. The van der Waals surface area contributed by atoms with Gasteiger partial charge in [-0.2, -0.15) is 4.68 Å². The van der Waals surface area contributed by atoms with Gasteiger partial charge in [0.05, 0.1) is 0 Å². The number of hydrogen-bond acceptors (Lipinski definition) is 5. The molecule has 0 saturated carbocycles. The van der Waals surface area contributed by atoms with Crippen LogP contribution in [0.3, 0.4) is 0 Å². The summed E-state index contributed by atoms with van der Waals surface area (Å²) in [5, 5.41) is 8.52. The average molecular weight is 290 g/mol. The van der Waals surface area contributed by atoms with Gasteiger partial charge in [-0.15, -0.1) is 10.2 Å². The number of nitrogen functional groups attached to an aromatic ring is 1. The van der Waals surface area contributed by atoms with E-state index in [0.29, 0.717) is 17.3 Å². The van der Waals surface area contributed by atoms with E-state index in [4.69, 9.17) is 5.84 Å². The molecule has 0 fully saturated rings. The Morgan fingerprint density at radius 3 is 2.50 bits per heavy atom. The van der Waals surface area contributed by atoms with E-state index in [2.05, 4.69) is 10.2 Å². The molecular formula is C14H18N4OS. The summed E-state index contributed by atoms with van der Waals surface area (Å²) in [5.74, 6) is 5.76. The van der Waals surface area contributed by atoms with Crippen molar-refractivity contribution in [2.24, 2.45) is 0 Å².